The van der Waals surface area contributed by atoms with Crippen LogP contribution in [0.1, 0.15) is 11.1 Å². The van der Waals surface area contributed by atoms with E-state index in [1.165, 1.54) is 28.6 Å². The second kappa shape index (κ2) is 3.75. The summed E-state index contributed by atoms with van der Waals surface area (Å²) in [5.74, 6) is -0.226. The first-order chi connectivity index (χ1) is 9.31. The molecule has 0 N–H and O–H groups in total. The van der Waals surface area contributed by atoms with E-state index in [-0.39, 0.29) is 5.82 Å². The van der Waals surface area contributed by atoms with Crippen LogP contribution in [0, 0.1) is 5.82 Å². The molecule has 3 aromatic rings. The minimum atomic E-state index is -0.226. The maximum atomic E-state index is 13.0. The van der Waals surface area contributed by atoms with Crippen molar-refractivity contribution < 1.29 is 4.39 Å². The van der Waals surface area contributed by atoms with Gasteiger partial charge < -0.3 is 0 Å². The van der Waals surface area contributed by atoms with Gasteiger partial charge in [-0.1, -0.05) is 24.3 Å². The van der Waals surface area contributed by atoms with E-state index in [9.17, 15) is 4.39 Å². The predicted octanol–water partition coefficient (Wildman–Crippen LogP) is 4.52. The van der Waals surface area contributed by atoms with Gasteiger partial charge in [0.1, 0.15) is 5.82 Å². The van der Waals surface area contributed by atoms with Gasteiger partial charge in [0.15, 0.2) is 0 Å². The zero-order valence-electron chi connectivity index (χ0n) is 10.1. The number of benzene rings is 2. The lowest BCUT2D eigenvalue weighted by atomic mass is 10.0. The zero-order valence-corrected chi connectivity index (χ0v) is 10.1. The van der Waals surface area contributed by atoms with E-state index in [2.05, 4.69) is 29.3 Å². The molecule has 90 valence electrons. The maximum Gasteiger partial charge on any atom is 0.123 e. The molecular formula is C17H10FN. The molecule has 0 saturated carbocycles. The van der Waals surface area contributed by atoms with Crippen molar-refractivity contribution in [3.63, 3.8) is 0 Å². The number of nitrogens with zero attached hydrogens (tertiary/aromatic N) is 1. The molecule has 1 nitrogen and oxygen atoms in total. The van der Waals surface area contributed by atoms with E-state index in [4.69, 9.17) is 0 Å². The van der Waals surface area contributed by atoms with Crippen LogP contribution in [-0.2, 0) is 0 Å². The van der Waals surface area contributed by atoms with Crippen molar-refractivity contribution in [2.45, 2.75) is 0 Å². The van der Waals surface area contributed by atoms with Crippen molar-refractivity contribution in [2.24, 2.45) is 0 Å². The lowest BCUT2D eigenvalue weighted by Crippen LogP contribution is -1.88. The molecule has 2 heteroatoms. The molecule has 1 aromatic heterocycles. The Hall–Kier alpha value is -2.48. The molecular weight excluding hydrogens is 237 g/mol. The summed E-state index contributed by atoms with van der Waals surface area (Å²) in [5.41, 5.74) is 5.20. The molecule has 0 atom stereocenters. The number of rotatable bonds is 1. The van der Waals surface area contributed by atoms with Gasteiger partial charge in [-0.15, -0.1) is 0 Å². The molecule has 0 fully saturated rings. The summed E-state index contributed by atoms with van der Waals surface area (Å²) in [6.07, 6.45) is 4.21. The van der Waals surface area contributed by atoms with Gasteiger partial charge >= 0.3 is 0 Å². The van der Waals surface area contributed by atoms with E-state index in [0.29, 0.717) is 0 Å². The molecule has 4 rings (SSSR count). The van der Waals surface area contributed by atoms with Gasteiger partial charge in [-0.2, -0.15) is 0 Å². The van der Waals surface area contributed by atoms with Crippen molar-refractivity contribution in [2.75, 3.05) is 0 Å². The number of aromatic nitrogens is 1. The Morgan fingerprint density at radius 3 is 2.47 bits per heavy atom. The average molecular weight is 247 g/mol. The maximum absolute atomic E-state index is 13.0. The Morgan fingerprint density at radius 1 is 0.842 bits per heavy atom. The van der Waals surface area contributed by atoms with Crippen LogP contribution in [0.15, 0.2) is 48.5 Å². The average Bonchev–Trinajstić information content (AvgIpc) is 2.85. The van der Waals surface area contributed by atoms with Crippen molar-refractivity contribution >= 4 is 23.1 Å². The highest BCUT2D eigenvalue weighted by Gasteiger charge is 2.12. The highest BCUT2D eigenvalue weighted by molar-refractivity contribution is 6.04. The van der Waals surface area contributed by atoms with Crippen LogP contribution in [0.2, 0.25) is 0 Å². The van der Waals surface area contributed by atoms with Gasteiger partial charge in [-0.25, -0.2) is 9.37 Å². The van der Waals surface area contributed by atoms with Gasteiger partial charge in [-0.3, -0.25) is 0 Å². The molecule has 0 bridgehead atoms. The third kappa shape index (κ3) is 1.57. The third-order valence-electron chi connectivity index (χ3n) is 3.48. The molecule has 0 unspecified atom stereocenters. The molecule has 0 saturated heterocycles. The molecule has 1 heterocycles. The summed E-state index contributed by atoms with van der Waals surface area (Å²) in [5, 5.41) is 1.20. The summed E-state index contributed by atoms with van der Waals surface area (Å²) in [6.45, 7) is 0. The van der Waals surface area contributed by atoms with E-state index in [0.717, 1.165) is 16.8 Å². The minimum Gasteiger partial charge on any atom is -0.248 e. The van der Waals surface area contributed by atoms with Crippen LogP contribution < -0.4 is 0 Å². The van der Waals surface area contributed by atoms with E-state index in [1.54, 1.807) is 12.1 Å². The van der Waals surface area contributed by atoms with E-state index >= 15 is 0 Å². The monoisotopic (exact) mass is 247 g/mol. The van der Waals surface area contributed by atoms with Crippen LogP contribution in [0.3, 0.4) is 0 Å². The smallest absolute Gasteiger partial charge is 0.123 e. The fourth-order valence-corrected chi connectivity index (χ4v) is 2.57. The molecule has 0 spiro atoms. The summed E-state index contributed by atoms with van der Waals surface area (Å²) in [7, 11) is 0. The first-order valence-corrected chi connectivity index (χ1v) is 6.19. The van der Waals surface area contributed by atoms with Crippen LogP contribution in [0.25, 0.3) is 34.3 Å². The first kappa shape index (κ1) is 10.4. The fraction of sp³-hybridized carbons (Fsp3) is 0. The van der Waals surface area contributed by atoms with Crippen LogP contribution in [0.5, 0.6) is 0 Å². The van der Waals surface area contributed by atoms with Gasteiger partial charge in [-0.05, 0) is 47.5 Å². The third-order valence-corrected chi connectivity index (χ3v) is 3.48. The Kier molecular flexibility index (Phi) is 2.06. The van der Waals surface area contributed by atoms with Gasteiger partial charge in [0.2, 0.25) is 0 Å². The summed E-state index contributed by atoms with van der Waals surface area (Å²) in [6, 6.07) is 14.6. The SMILES string of the molecule is Fc1ccc(-c2cc3c4c(cccc4n2)C=C3)cc1. The Morgan fingerprint density at radius 2 is 1.63 bits per heavy atom. The molecule has 19 heavy (non-hydrogen) atoms. The molecule has 1 aliphatic carbocycles. The topological polar surface area (TPSA) is 12.9 Å². The summed E-state index contributed by atoms with van der Waals surface area (Å²) in [4.78, 5) is 4.67. The summed E-state index contributed by atoms with van der Waals surface area (Å²) < 4.78 is 13.0. The van der Waals surface area contributed by atoms with Crippen molar-refractivity contribution in [3.05, 3.63) is 65.5 Å². The Bertz CT molecular complexity index is 817. The van der Waals surface area contributed by atoms with Crippen molar-refractivity contribution in [3.8, 4) is 11.3 Å². The van der Waals surface area contributed by atoms with Gasteiger partial charge in [0, 0.05) is 10.9 Å². The van der Waals surface area contributed by atoms with E-state index in [1.807, 2.05) is 12.1 Å². The van der Waals surface area contributed by atoms with Crippen molar-refractivity contribution in [1.82, 2.24) is 4.98 Å². The van der Waals surface area contributed by atoms with Gasteiger partial charge in [0.05, 0.1) is 11.2 Å². The van der Waals surface area contributed by atoms with Crippen LogP contribution >= 0.6 is 0 Å². The lowest BCUT2D eigenvalue weighted by molar-refractivity contribution is 0.628. The number of hydrogen-bond donors (Lipinski definition) is 0. The lowest BCUT2D eigenvalue weighted by Gasteiger charge is -2.06. The second-order valence-corrected chi connectivity index (χ2v) is 4.68. The Labute approximate surface area is 110 Å². The minimum absolute atomic E-state index is 0.226. The molecule has 1 aliphatic rings. The highest BCUT2D eigenvalue weighted by atomic mass is 19.1. The molecule has 0 aliphatic heterocycles. The fourth-order valence-electron chi connectivity index (χ4n) is 2.57. The standard InChI is InChI=1S/C17H10FN/c18-14-8-6-11(7-9-14)16-10-13-5-4-12-2-1-3-15(19-16)17(12)13/h1-10H. The first-order valence-electron chi connectivity index (χ1n) is 6.19. The number of pyridine rings is 1. The normalized spacial score (nSPS) is 12.3. The molecule has 2 aromatic carbocycles. The zero-order chi connectivity index (χ0) is 12.8. The largest absolute Gasteiger partial charge is 0.248 e. The molecule has 0 radical (unpaired) electrons. The van der Waals surface area contributed by atoms with Gasteiger partial charge in [0.25, 0.3) is 0 Å². The van der Waals surface area contributed by atoms with Crippen LogP contribution in [-0.4, -0.2) is 4.98 Å². The van der Waals surface area contributed by atoms with E-state index < -0.39 is 0 Å². The molecule has 0 amide bonds. The number of halogens is 1. The number of hydrogen-bond acceptors (Lipinski definition) is 1. The highest BCUT2D eigenvalue weighted by Crippen LogP contribution is 2.33. The summed E-state index contributed by atoms with van der Waals surface area (Å²) >= 11 is 0. The predicted molar refractivity (Wildman–Crippen MR) is 76.1 cm³/mol. The van der Waals surface area contributed by atoms with Crippen LogP contribution in [0.4, 0.5) is 4.39 Å². The second-order valence-electron chi connectivity index (χ2n) is 4.68. The Balaban J connectivity index is 1.99. The quantitative estimate of drug-likeness (QED) is 0.481. The van der Waals surface area contributed by atoms with Crippen molar-refractivity contribution in [1.29, 1.82) is 0 Å².